The summed E-state index contributed by atoms with van der Waals surface area (Å²) in [7, 11) is 0. The first-order valence-electron chi connectivity index (χ1n) is 6.94. The van der Waals surface area contributed by atoms with Gasteiger partial charge in [0.05, 0.1) is 5.69 Å². The van der Waals surface area contributed by atoms with Crippen LogP contribution in [0, 0.1) is 11.7 Å². The molecule has 0 saturated carbocycles. The predicted molar refractivity (Wildman–Crippen MR) is 82.7 cm³/mol. The SMILES string of the molecule is C=CCN1C(=O)NC(=O)[C@@H](/C(=C\C)Nc2ccccc2F)C1=O. The van der Waals surface area contributed by atoms with Gasteiger partial charge in [0.1, 0.15) is 5.82 Å². The molecule has 1 heterocycles. The van der Waals surface area contributed by atoms with Crippen LogP contribution in [0.4, 0.5) is 14.9 Å². The number of carbonyl (C=O) groups is 3. The highest BCUT2D eigenvalue weighted by atomic mass is 19.1. The number of urea groups is 1. The Bertz CT molecular complexity index is 700. The van der Waals surface area contributed by atoms with Gasteiger partial charge in [0.25, 0.3) is 0 Å². The van der Waals surface area contributed by atoms with Gasteiger partial charge in [-0.1, -0.05) is 24.3 Å². The highest BCUT2D eigenvalue weighted by molar-refractivity contribution is 6.18. The molecule has 0 unspecified atom stereocenters. The lowest BCUT2D eigenvalue weighted by Gasteiger charge is -2.31. The van der Waals surface area contributed by atoms with Gasteiger partial charge in [-0.05, 0) is 19.1 Å². The van der Waals surface area contributed by atoms with Crippen LogP contribution in [-0.4, -0.2) is 29.3 Å². The number of barbiturate groups is 1. The molecule has 120 valence electrons. The molecule has 0 spiro atoms. The number of hydrogen-bond acceptors (Lipinski definition) is 4. The number of nitrogens with one attached hydrogen (secondary N) is 2. The quantitative estimate of drug-likeness (QED) is 0.643. The summed E-state index contributed by atoms with van der Waals surface area (Å²) in [5.41, 5.74) is 0.326. The van der Waals surface area contributed by atoms with Crippen LogP contribution in [0.5, 0.6) is 0 Å². The van der Waals surface area contributed by atoms with E-state index in [9.17, 15) is 18.8 Å². The highest BCUT2D eigenvalue weighted by Gasteiger charge is 2.42. The maximum absolute atomic E-state index is 13.8. The minimum atomic E-state index is -1.25. The zero-order valence-corrected chi connectivity index (χ0v) is 12.5. The van der Waals surface area contributed by atoms with Gasteiger partial charge in [-0.3, -0.25) is 19.8 Å². The van der Waals surface area contributed by atoms with Gasteiger partial charge in [-0.25, -0.2) is 9.18 Å². The molecule has 2 rings (SSSR count). The van der Waals surface area contributed by atoms with Crippen molar-refractivity contribution in [2.24, 2.45) is 5.92 Å². The summed E-state index contributed by atoms with van der Waals surface area (Å²) in [4.78, 5) is 37.1. The van der Waals surface area contributed by atoms with Crippen molar-refractivity contribution in [3.8, 4) is 0 Å². The van der Waals surface area contributed by atoms with Gasteiger partial charge in [-0.15, -0.1) is 6.58 Å². The van der Waals surface area contributed by atoms with Crippen LogP contribution in [-0.2, 0) is 9.59 Å². The van der Waals surface area contributed by atoms with E-state index in [0.29, 0.717) is 0 Å². The minimum absolute atomic E-state index is 0.0227. The van der Waals surface area contributed by atoms with Crippen molar-refractivity contribution in [1.29, 1.82) is 0 Å². The Kier molecular flexibility index (Phi) is 4.90. The zero-order valence-electron chi connectivity index (χ0n) is 12.5. The van der Waals surface area contributed by atoms with Crippen LogP contribution in [0.1, 0.15) is 6.92 Å². The second-order valence-electron chi connectivity index (χ2n) is 4.81. The van der Waals surface area contributed by atoms with Crippen LogP contribution < -0.4 is 10.6 Å². The molecular weight excluding hydrogens is 301 g/mol. The number of para-hydroxylation sites is 1. The number of benzene rings is 1. The molecule has 1 aliphatic rings. The molecule has 7 heteroatoms. The third-order valence-electron chi connectivity index (χ3n) is 3.34. The summed E-state index contributed by atoms with van der Waals surface area (Å²) in [6.07, 6.45) is 2.88. The molecule has 0 radical (unpaired) electrons. The molecule has 0 aromatic heterocycles. The minimum Gasteiger partial charge on any atom is -0.356 e. The molecule has 1 aromatic rings. The fourth-order valence-corrected chi connectivity index (χ4v) is 2.22. The smallest absolute Gasteiger partial charge is 0.331 e. The molecule has 1 atom stereocenters. The maximum Gasteiger partial charge on any atom is 0.331 e. The molecule has 1 aromatic carbocycles. The van der Waals surface area contributed by atoms with E-state index in [4.69, 9.17) is 0 Å². The summed E-state index contributed by atoms with van der Waals surface area (Å²) in [5.74, 6) is -3.21. The molecule has 2 N–H and O–H groups in total. The molecule has 0 aliphatic carbocycles. The number of imide groups is 2. The molecule has 1 saturated heterocycles. The second-order valence-corrected chi connectivity index (χ2v) is 4.81. The Hall–Kier alpha value is -2.96. The number of allylic oxidation sites excluding steroid dienone is 1. The van der Waals surface area contributed by atoms with Crippen LogP contribution in [0.25, 0.3) is 0 Å². The molecule has 0 bridgehead atoms. The average molecular weight is 317 g/mol. The third kappa shape index (κ3) is 3.28. The Balaban J connectivity index is 2.31. The number of rotatable bonds is 5. The fraction of sp³-hybridized carbons (Fsp3) is 0.188. The van der Waals surface area contributed by atoms with Gasteiger partial charge in [0.15, 0.2) is 5.92 Å². The summed E-state index contributed by atoms with van der Waals surface area (Å²) in [5, 5.41) is 4.86. The van der Waals surface area contributed by atoms with Crippen molar-refractivity contribution in [3.05, 3.63) is 54.5 Å². The van der Waals surface area contributed by atoms with Gasteiger partial charge < -0.3 is 5.32 Å². The predicted octanol–water partition coefficient (Wildman–Crippen LogP) is 2.02. The molecular formula is C16H16FN3O3. The monoisotopic (exact) mass is 317 g/mol. The Morgan fingerprint density at radius 2 is 2.09 bits per heavy atom. The zero-order chi connectivity index (χ0) is 17.0. The maximum atomic E-state index is 13.8. The van der Waals surface area contributed by atoms with Crippen LogP contribution >= 0.6 is 0 Å². The van der Waals surface area contributed by atoms with E-state index < -0.39 is 29.6 Å². The van der Waals surface area contributed by atoms with Crippen molar-refractivity contribution < 1.29 is 18.8 Å². The Morgan fingerprint density at radius 1 is 1.39 bits per heavy atom. The first kappa shape index (κ1) is 16.4. The second kappa shape index (κ2) is 6.87. The van der Waals surface area contributed by atoms with E-state index in [1.54, 1.807) is 13.0 Å². The summed E-state index contributed by atoms with van der Waals surface area (Å²) >= 11 is 0. The lowest BCUT2D eigenvalue weighted by Crippen LogP contribution is -2.58. The third-order valence-corrected chi connectivity index (χ3v) is 3.34. The number of hydrogen-bond donors (Lipinski definition) is 2. The molecule has 1 aliphatic heterocycles. The number of nitrogens with zero attached hydrogens (tertiary/aromatic N) is 1. The van der Waals surface area contributed by atoms with Crippen molar-refractivity contribution in [1.82, 2.24) is 10.2 Å². The fourth-order valence-electron chi connectivity index (χ4n) is 2.22. The first-order valence-corrected chi connectivity index (χ1v) is 6.94. The van der Waals surface area contributed by atoms with Gasteiger partial charge in [0.2, 0.25) is 11.8 Å². The number of halogens is 1. The summed E-state index contributed by atoms with van der Waals surface area (Å²) in [6.45, 7) is 5.06. The molecule has 1 fully saturated rings. The van der Waals surface area contributed by atoms with Gasteiger partial charge in [-0.2, -0.15) is 0 Å². The van der Waals surface area contributed by atoms with Crippen molar-refractivity contribution in [2.45, 2.75) is 6.92 Å². The average Bonchev–Trinajstić information content (AvgIpc) is 2.52. The topological polar surface area (TPSA) is 78.5 Å². The van der Waals surface area contributed by atoms with Gasteiger partial charge in [0, 0.05) is 12.2 Å². The van der Waals surface area contributed by atoms with Gasteiger partial charge >= 0.3 is 6.03 Å². The molecule has 23 heavy (non-hydrogen) atoms. The normalized spacial score (nSPS) is 18.7. The standard InChI is InChI=1S/C16H16FN3O3/c1-3-9-20-15(22)13(14(21)19-16(20)23)11(4-2)18-12-8-6-5-7-10(12)17/h3-8,13,18H,1,9H2,2H3,(H,19,21,23)/b11-4+/t13-/m1/s1. The first-order chi connectivity index (χ1) is 11.0. The lowest BCUT2D eigenvalue weighted by molar-refractivity contribution is -0.140. The Labute approximate surface area is 132 Å². The van der Waals surface area contributed by atoms with Crippen LogP contribution in [0.3, 0.4) is 0 Å². The molecule has 6 nitrogen and oxygen atoms in total. The van der Waals surface area contributed by atoms with Crippen molar-refractivity contribution in [3.63, 3.8) is 0 Å². The van der Waals surface area contributed by atoms with E-state index in [1.165, 1.54) is 30.4 Å². The number of carbonyl (C=O) groups excluding carboxylic acids is 3. The van der Waals surface area contributed by atoms with E-state index in [-0.39, 0.29) is 17.9 Å². The Morgan fingerprint density at radius 3 is 2.70 bits per heavy atom. The number of amides is 4. The summed E-state index contributed by atoms with van der Waals surface area (Å²) in [6, 6.07) is 5.09. The van der Waals surface area contributed by atoms with Crippen molar-refractivity contribution in [2.75, 3.05) is 11.9 Å². The van der Waals surface area contributed by atoms with Crippen LogP contribution in [0.2, 0.25) is 0 Å². The lowest BCUT2D eigenvalue weighted by atomic mass is 9.99. The largest absolute Gasteiger partial charge is 0.356 e. The van der Waals surface area contributed by atoms with Crippen LogP contribution in [0.15, 0.2) is 48.7 Å². The summed E-state index contributed by atoms with van der Waals surface area (Å²) < 4.78 is 13.8. The molecule has 4 amide bonds. The van der Waals surface area contributed by atoms with E-state index in [0.717, 1.165) is 4.90 Å². The highest BCUT2D eigenvalue weighted by Crippen LogP contribution is 2.23. The number of anilines is 1. The van der Waals surface area contributed by atoms with E-state index in [2.05, 4.69) is 17.2 Å². The van der Waals surface area contributed by atoms with E-state index >= 15 is 0 Å². The van der Waals surface area contributed by atoms with E-state index in [1.807, 2.05) is 0 Å². The van der Waals surface area contributed by atoms with Crippen molar-refractivity contribution >= 4 is 23.5 Å².